The van der Waals surface area contributed by atoms with Gasteiger partial charge < -0.3 is 33.8 Å². The molecule has 1 fully saturated rings. The van der Waals surface area contributed by atoms with Crippen molar-refractivity contribution in [1.29, 1.82) is 0 Å². The lowest BCUT2D eigenvalue weighted by molar-refractivity contribution is -0.257. The van der Waals surface area contributed by atoms with Gasteiger partial charge in [0.05, 0.1) is 38.7 Å². The third-order valence-corrected chi connectivity index (χ3v) is 6.97. The fraction of sp³-hybridized carbons (Fsp3) is 0.357. The number of hydrogen-bond donors (Lipinski definition) is 3. The Balaban J connectivity index is 1.54. The fourth-order valence-electron chi connectivity index (χ4n) is 4.32. The van der Waals surface area contributed by atoms with Crippen LogP contribution in [0.15, 0.2) is 91.0 Å². The van der Waals surface area contributed by atoms with Crippen LogP contribution in [0.3, 0.4) is 0 Å². The van der Waals surface area contributed by atoms with Gasteiger partial charge in [0.1, 0.15) is 24.4 Å². The van der Waals surface area contributed by atoms with Gasteiger partial charge in [0, 0.05) is 0 Å². The van der Waals surface area contributed by atoms with E-state index in [1.54, 1.807) is 0 Å². The first-order chi connectivity index (χ1) is 17.9. The second-order valence-electron chi connectivity index (χ2n) is 9.07. The Labute approximate surface area is 216 Å². The van der Waals surface area contributed by atoms with Gasteiger partial charge in [-0.3, -0.25) is 4.57 Å². The van der Waals surface area contributed by atoms with Gasteiger partial charge in [-0.25, -0.2) is 0 Å². The summed E-state index contributed by atoms with van der Waals surface area (Å²) < 4.78 is 36.2. The number of hydrogen-bond acceptors (Lipinski definition) is 6. The van der Waals surface area contributed by atoms with Gasteiger partial charge in [0.15, 0.2) is 0 Å². The van der Waals surface area contributed by atoms with Gasteiger partial charge in [-0.05, 0) is 16.7 Å². The Morgan fingerprint density at radius 2 is 1.14 bits per heavy atom. The summed E-state index contributed by atoms with van der Waals surface area (Å²) in [5, 5.41) is 11.1. The molecule has 198 valence electrons. The predicted octanol–water partition coefficient (Wildman–Crippen LogP) is 3.68. The average Bonchev–Trinajstić information content (AvgIpc) is 2.90. The van der Waals surface area contributed by atoms with Crippen molar-refractivity contribution < 1.29 is 38.4 Å². The molecule has 0 aromatic heterocycles. The van der Waals surface area contributed by atoms with Gasteiger partial charge >= 0.3 is 7.60 Å². The van der Waals surface area contributed by atoms with E-state index in [0.29, 0.717) is 6.61 Å². The SMILES string of the molecule is O=P(O)(O)C[C@H]1O[C@H](COCc2ccccc2)[C@@H](OCc2ccccc2)[C@H](OCc2ccccc2)[C@H]1O. The first-order valence-corrected chi connectivity index (χ1v) is 14.0. The molecule has 8 nitrogen and oxygen atoms in total. The van der Waals surface area contributed by atoms with Crippen molar-refractivity contribution in [2.45, 2.75) is 50.3 Å². The average molecular weight is 529 g/mol. The zero-order valence-electron chi connectivity index (χ0n) is 20.4. The van der Waals surface area contributed by atoms with Crippen LogP contribution in [0, 0.1) is 0 Å². The van der Waals surface area contributed by atoms with Crippen LogP contribution in [0.2, 0.25) is 0 Å². The van der Waals surface area contributed by atoms with Crippen LogP contribution in [-0.2, 0) is 43.3 Å². The molecule has 3 aromatic rings. The van der Waals surface area contributed by atoms with Gasteiger partial charge in [-0.15, -0.1) is 0 Å². The number of aliphatic hydroxyl groups is 1. The van der Waals surface area contributed by atoms with E-state index in [2.05, 4.69) is 0 Å². The Bertz CT molecular complexity index is 1110. The van der Waals surface area contributed by atoms with E-state index in [9.17, 15) is 19.5 Å². The van der Waals surface area contributed by atoms with Crippen LogP contribution >= 0.6 is 7.60 Å². The van der Waals surface area contributed by atoms with Crippen LogP contribution < -0.4 is 0 Å². The summed E-state index contributed by atoms with van der Waals surface area (Å²) in [6.45, 7) is 0.844. The molecule has 0 amide bonds. The molecule has 1 aliphatic heterocycles. The predicted molar refractivity (Wildman–Crippen MR) is 138 cm³/mol. The molecular formula is C28H33O8P. The Morgan fingerprint density at radius 1 is 0.676 bits per heavy atom. The van der Waals surface area contributed by atoms with Crippen molar-refractivity contribution in [1.82, 2.24) is 0 Å². The molecule has 0 saturated carbocycles. The Kier molecular flexibility index (Phi) is 10.0. The molecule has 0 unspecified atom stereocenters. The summed E-state index contributed by atoms with van der Waals surface area (Å²) in [4.78, 5) is 19.3. The van der Waals surface area contributed by atoms with Crippen molar-refractivity contribution in [3.63, 3.8) is 0 Å². The van der Waals surface area contributed by atoms with E-state index in [0.717, 1.165) is 16.7 Å². The molecule has 37 heavy (non-hydrogen) atoms. The molecule has 0 bridgehead atoms. The maximum Gasteiger partial charge on any atom is 0.328 e. The van der Waals surface area contributed by atoms with Gasteiger partial charge in [0.2, 0.25) is 0 Å². The van der Waals surface area contributed by atoms with Crippen LogP contribution in [0.1, 0.15) is 16.7 Å². The van der Waals surface area contributed by atoms with E-state index in [4.69, 9.17) is 18.9 Å². The van der Waals surface area contributed by atoms with Gasteiger partial charge in [0.25, 0.3) is 0 Å². The van der Waals surface area contributed by atoms with Crippen molar-refractivity contribution >= 4 is 7.60 Å². The van der Waals surface area contributed by atoms with Crippen LogP contribution in [-0.4, -0.2) is 58.2 Å². The first-order valence-electron chi connectivity index (χ1n) is 12.2. The minimum atomic E-state index is -4.48. The smallest absolute Gasteiger partial charge is 0.328 e. The van der Waals surface area contributed by atoms with Crippen LogP contribution in [0.25, 0.3) is 0 Å². The number of benzene rings is 3. The molecule has 3 N–H and O–H groups in total. The number of rotatable bonds is 12. The summed E-state index contributed by atoms with van der Waals surface area (Å²) in [6.07, 6.45) is -5.48. The van der Waals surface area contributed by atoms with Gasteiger partial charge in [-0.2, -0.15) is 0 Å². The van der Waals surface area contributed by atoms with E-state index in [-0.39, 0.29) is 19.8 Å². The molecule has 0 aliphatic carbocycles. The zero-order valence-corrected chi connectivity index (χ0v) is 21.3. The van der Waals surface area contributed by atoms with Gasteiger partial charge in [-0.1, -0.05) is 91.0 Å². The molecule has 1 saturated heterocycles. The summed E-state index contributed by atoms with van der Waals surface area (Å²) in [5.41, 5.74) is 2.80. The molecule has 0 spiro atoms. The Hall–Kier alpha value is -2.39. The maximum atomic E-state index is 11.8. The highest BCUT2D eigenvalue weighted by Gasteiger charge is 2.48. The van der Waals surface area contributed by atoms with Crippen LogP contribution in [0.4, 0.5) is 0 Å². The van der Waals surface area contributed by atoms with E-state index < -0.39 is 44.3 Å². The molecule has 4 rings (SSSR count). The lowest BCUT2D eigenvalue weighted by Crippen LogP contribution is -2.61. The molecule has 9 heteroatoms. The highest BCUT2D eigenvalue weighted by molar-refractivity contribution is 7.51. The van der Waals surface area contributed by atoms with Crippen molar-refractivity contribution in [3.05, 3.63) is 108 Å². The Morgan fingerprint density at radius 3 is 1.62 bits per heavy atom. The normalized spacial score (nSPS) is 24.1. The lowest BCUT2D eigenvalue weighted by atomic mass is 9.95. The first kappa shape index (κ1) is 27.6. The van der Waals surface area contributed by atoms with E-state index in [1.165, 1.54) is 0 Å². The summed E-state index contributed by atoms with van der Waals surface area (Å²) in [5.74, 6) is 0. The summed E-state index contributed by atoms with van der Waals surface area (Å²) in [7, 11) is -4.48. The zero-order chi connectivity index (χ0) is 26.1. The topological polar surface area (TPSA) is 115 Å². The highest BCUT2D eigenvalue weighted by atomic mass is 31.2. The molecule has 5 atom stereocenters. The van der Waals surface area contributed by atoms with Crippen molar-refractivity contribution in [2.24, 2.45) is 0 Å². The highest BCUT2D eigenvalue weighted by Crippen LogP contribution is 2.40. The summed E-state index contributed by atoms with van der Waals surface area (Å²) in [6, 6.07) is 28.7. The number of ether oxygens (including phenoxy) is 4. The molecule has 0 radical (unpaired) electrons. The minimum Gasteiger partial charge on any atom is -0.388 e. The minimum absolute atomic E-state index is 0.0872. The molecule has 1 aliphatic rings. The largest absolute Gasteiger partial charge is 0.388 e. The third kappa shape index (κ3) is 8.57. The molecule has 3 aromatic carbocycles. The second kappa shape index (κ2) is 13.4. The standard InChI is InChI=1S/C28H33O8P/c29-26-25(20-37(30,31)32)36-24(19-33-16-21-10-4-1-5-11-21)27(34-17-22-12-6-2-7-13-22)28(26)35-18-23-14-8-3-9-15-23/h1-15,24-29H,16-20H2,(H2,30,31,32)/t24-,25-,26+,27-,28-/m1/s1. The molecule has 1 heterocycles. The van der Waals surface area contributed by atoms with Crippen LogP contribution in [0.5, 0.6) is 0 Å². The maximum absolute atomic E-state index is 11.8. The lowest BCUT2D eigenvalue weighted by Gasteiger charge is -2.44. The molecular weight excluding hydrogens is 495 g/mol. The van der Waals surface area contributed by atoms with E-state index in [1.807, 2.05) is 91.0 Å². The third-order valence-electron chi connectivity index (χ3n) is 6.14. The monoisotopic (exact) mass is 528 g/mol. The quantitative estimate of drug-likeness (QED) is 0.305. The summed E-state index contributed by atoms with van der Waals surface area (Å²) >= 11 is 0. The second-order valence-corrected chi connectivity index (χ2v) is 10.8. The van der Waals surface area contributed by atoms with E-state index >= 15 is 0 Å². The fourth-order valence-corrected chi connectivity index (χ4v) is 5.09. The van der Waals surface area contributed by atoms with Crippen molar-refractivity contribution in [2.75, 3.05) is 12.8 Å². The van der Waals surface area contributed by atoms with Crippen molar-refractivity contribution in [3.8, 4) is 0 Å². The number of aliphatic hydroxyl groups excluding tert-OH is 1.